The van der Waals surface area contributed by atoms with Gasteiger partial charge in [-0.15, -0.1) is 0 Å². The fourth-order valence-electron chi connectivity index (χ4n) is 1.02. The predicted molar refractivity (Wildman–Crippen MR) is 43.3 cm³/mol. The Hall–Kier alpha value is 0.0125. The van der Waals surface area contributed by atoms with Gasteiger partial charge in [-0.25, -0.2) is 0 Å². The fourth-order valence-corrected chi connectivity index (χ4v) is 1.02. The first-order valence-electron chi connectivity index (χ1n) is 4.10. The molecule has 0 aromatic heterocycles. The second-order valence-corrected chi connectivity index (χ2v) is 2.60. The number of rotatable bonds is 0. The Morgan fingerprint density at radius 2 is 1.27 bits per heavy atom. The Labute approximate surface area is 80.5 Å². The third-order valence-corrected chi connectivity index (χ3v) is 1.63. The van der Waals surface area contributed by atoms with E-state index in [1.165, 1.54) is 38.5 Å². The molecule has 2 rings (SSSR count). The van der Waals surface area contributed by atoms with Crippen LogP contribution in [0.1, 0.15) is 38.5 Å². The maximum absolute atomic E-state index is 3.10. The van der Waals surface area contributed by atoms with E-state index < -0.39 is 0 Å². The van der Waals surface area contributed by atoms with Crippen LogP contribution >= 0.6 is 0 Å². The van der Waals surface area contributed by atoms with Gasteiger partial charge in [0.15, 0.2) is 0 Å². The van der Waals surface area contributed by atoms with Gasteiger partial charge in [-0.3, -0.25) is 12.2 Å². The zero-order valence-corrected chi connectivity index (χ0v) is 8.08. The van der Waals surface area contributed by atoms with E-state index in [0.717, 1.165) is 0 Å². The first kappa shape index (κ1) is 11.0. The third-order valence-electron chi connectivity index (χ3n) is 1.63. The third kappa shape index (κ3) is 6.41. The minimum absolute atomic E-state index is 0. The average molecular weight is 186 g/mol. The summed E-state index contributed by atoms with van der Waals surface area (Å²) in [6, 6.07) is 0. The Morgan fingerprint density at radius 1 is 0.818 bits per heavy atom. The predicted octanol–water partition coefficient (Wildman–Crippen LogP) is 3.06. The van der Waals surface area contributed by atoms with Crippen molar-refractivity contribution in [2.45, 2.75) is 38.5 Å². The molecule has 0 fully saturated rings. The molecule has 0 nitrogen and oxygen atoms in total. The summed E-state index contributed by atoms with van der Waals surface area (Å²) in [6.45, 7) is 0. The van der Waals surface area contributed by atoms with Crippen molar-refractivity contribution in [3.05, 3.63) is 24.3 Å². The van der Waals surface area contributed by atoms with Crippen molar-refractivity contribution in [2.24, 2.45) is 0 Å². The second-order valence-electron chi connectivity index (χ2n) is 2.60. The maximum atomic E-state index is 3.10. The molecule has 0 saturated heterocycles. The summed E-state index contributed by atoms with van der Waals surface area (Å²) in [6.07, 6.45) is 18.0. The molecule has 0 aliphatic heterocycles. The van der Waals surface area contributed by atoms with E-state index >= 15 is 0 Å². The minimum Gasteiger partial charge on any atom is -0.501 e. The topological polar surface area (TPSA) is 0 Å². The molecule has 1 heteroatoms. The van der Waals surface area contributed by atoms with Crippen LogP contribution in [0.3, 0.4) is 0 Å². The zero-order chi connectivity index (χ0) is 7.07. The molecular formula is C10H14Cr. The van der Waals surface area contributed by atoms with Gasteiger partial charge in [-0.1, -0.05) is 25.7 Å². The molecule has 0 aromatic carbocycles. The van der Waals surface area contributed by atoms with Gasteiger partial charge >= 0.3 is 17.4 Å². The monoisotopic (exact) mass is 186 g/mol. The molecule has 0 saturated carbocycles. The summed E-state index contributed by atoms with van der Waals surface area (Å²) in [5.74, 6) is 0. The van der Waals surface area contributed by atoms with Gasteiger partial charge < -0.3 is 12.2 Å². The molecule has 0 spiro atoms. The molecular weight excluding hydrogens is 172 g/mol. The summed E-state index contributed by atoms with van der Waals surface area (Å²) in [5.41, 5.74) is 0. The maximum Gasteiger partial charge on any atom is 2.00 e. The van der Waals surface area contributed by atoms with Gasteiger partial charge in [0.25, 0.3) is 0 Å². The van der Waals surface area contributed by atoms with Crippen LogP contribution in [0.4, 0.5) is 0 Å². The van der Waals surface area contributed by atoms with E-state index in [0.29, 0.717) is 0 Å². The SMILES string of the molecule is [C-]1=CCCC1.[C-]1=CCCC1.[Cr+2]. The van der Waals surface area contributed by atoms with E-state index in [4.69, 9.17) is 0 Å². The normalized spacial score (nSPS) is 18.9. The quantitative estimate of drug-likeness (QED) is 0.510. The summed E-state index contributed by atoms with van der Waals surface area (Å²) in [4.78, 5) is 0. The van der Waals surface area contributed by atoms with E-state index in [1.54, 1.807) is 0 Å². The first-order chi connectivity index (χ1) is 5.00. The van der Waals surface area contributed by atoms with Crippen LogP contribution in [-0.4, -0.2) is 0 Å². The molecule has 60 valence electrons. The minimum atomic E-state index is 0. The van der Waals surface area contributed by atoms with Gasteiger partial charge in [-0.2, -0.15) is 12.8 Å². The summed E-state index contributed by atoms with van der Waals surface area (Å²) in [7, 11) is 0. The summed E-state index contributed by atoms with van der Waals surface area (Å²) < 4.78 is 0. The van der Waals surface area contributed by atoms with Gasteiger partial charge in [-0.05, 0) is 0 Å². The van der Waals surface area contributed by atoms with Crippen LogP contribution in [0.2, 0.25) is 0 Å². The molecule has 0 radical (unpaired) electrons. The van der Waals surface area contributed by atoms with Gasteiger partial charge in [0.05, 0.1) is 0 Å². The smallest absolute Gasteiger partial charge is 0.501 e. The van der Waals surface area contributed by atoms with E-state index in [1.807, 2.05) is 0 Å². The summed E-state index contributed by atoms with van der Waals surface area (Å²) >= 11 is 0. The Morgan fingerprint density at radius 3 is 1.36 bits per heavy atom. The number of allylic oxidation sites excluding steroid dienone is 4. The molecule has 2 aliphatic rings. The molecule has 11 heavy (non-hydrogen) atoms. The van der Waals surface area contributed by atoms with Crippen LogP contribution in [-0.2, 0) is 17.4 Å². The molecule has 0 unspecified atom stereocenters. The van der Waals surface area contributed by atoms with E-state index in [9.17, 15) is 0 Å². The van der Waals surface area contributed by atoms with Gasteiger partial charge in [0, 0.05) is 0 Å². The Bertz CT molecular complexity index is 96.8. The first-order valence-corrected chi connectivity index (χ1v) is 4.10. The number of hydrogen-bond acceptors (Lipinski definition) is 0. The molecule has 0 aromatic rings. The van der Waals surface area contributed by atoms with Gasteiger partial charge in [0.1, 0.15) is 0 Å². The molecule has 0 heterocycles. The largest absolute Gasteiger partial charge is 2.00 e. The molecule has 0 N–H and O–H groups in total. The van der Waals surface area contributed by atoms with Gasteiger partial charge in [0.2, 0.25) is 0 Å². The van der Waals surface area contributed by atoms with Crippen molar-refractivity contribution in [1.82, 2.24) is 0 Å². The van der Waals surface area contributed by atoms with Crippen LogP contribution in [0.15, 0.2) is 12.2 Å². The van der Waals surface area contributed by atoms with E-state index in [-0.39, 0.29) is 17.4 Å². The molecule has 0 amide bonds. The molecule has 0 atom stereocenters. The molecule has 2 aliphatic carbocycles. The zero-order valence-electron chi connectivity index (χ0n) is 6.81. The fraction of sp³-hybridized carbons (Fsp3) is 0.600. The van der Waals surface area contributed by atoms with Crippen LogP contribution in [0, 0.1) is 12.2 Å². The Balaban J connectivity index is 0.000000167. The van der Waals surface area contributed by atoms with Crippen LogP contribution in [0.25, 0.3) is 0 Å². The van der Waals surface area contributed by atoms with Crippen LogP contribution in [0.5, 0.6) is 0 Å². The van der Waals surface area contributed by atoms with Crippen molar-refractivity contribution in [2.75, 3.05) is 0 Å². The van der Waals surface area contributed by atoms with Crippen molar-refractivity contribution < 1.29 is 17.4 Å². The molecule has 0 bridgehead atoms. The van der Waals surface area contributed by atoms with E-state index in [2.05, 4.69) is 24.3 Å². The van der Waals surface area contributed by atoms with Crippen molar-refractivity contribution >= 4 is 0 Å². The van der Waals surface area contributed by atoms with Crippen molar-refractivity contribution in [3.8, 4) is 0 Å². The van der Waals surface area contributed by atoms with Crippen molar-refractivity contribution in [3.63, 3.8) is 0 Å². The standard InChI is InChI=1S/2C5H7.Cr/c2*1-2-4-5-3-1;/h2*1H,2,4-5H2;/q2*-1;+2. The van der Waals surface area contributed by atoms with Crippen molar-refractivity contribution in [1.29, 1.82) is 0 Å². The van der Waals surface area contributed by atoms with Crippen LogP contribution < -0.4 is 0 Å². The Kier molecular flexibility index (Phi) is 8.12. The second kappa shape index (κ2) is 8.11. The number of hydrogen-bond donors (Lipinski definition) is 0. The average Bonchev–Trinajstić information content (AvgIpc) is 2.67. The summed E-state index contributed by atoms with van der Waals surface area (Å²) in [5, 5.41) is 0.